The van der Waals surface area contributed by atoms with Crippen LogP contribution in [0.2, 0.25) is 0 Å². The number of para-hydroxylation sites is 1. The van der Waals surface area contributed by atoms with Crippen LogP contribution in [-0.4, -0.2) is 56.4 Å². The van der Waals surface area contributed by atoms with Crippen molar-refractivity contribution in [2.45, 2.75) is 24.2 Å². The van der Waals surface area contributed by atoms with Crippen molar-refractivity contribution in [1.82, 2.24) is 10.6 Å². The molecule has 0 aliphatic carbocycles. The molecule has 0 radical (unpaired) electrons. The zero-order valence-corrected chi connectivity index (χ0v) is 18.0. The number of alkyl carbamates (subject to hydrolysis) is 1. The maximum atomic E-state index is 13.5. The fourth-order valence-electron chi connectivity index (χ4n) is 3.42. The third kappa shape index (κ3) is 5.33. The van der Waals surface area contributed by atoms with E-state index in [1.54, 1.807) is 48.5 Å². The van der Waals surface area contributed by atoms with E-state index in [2.05, 4.69) is 10.1 Å². The summed E-state index contributed by atoms with van der Waals surface area (Å²) in [6.07, 6.45) is -10.0. The molecule has 188 valence electrons. The van der Waals surface area contributed by atoms with Gasteiger partial charge in [0.1, 0.15) is 12.7 Å². The molecule has 0 saturated carbocycles. The summed E-state index contributed by atoms with van der Waals surface area (Å²) >= 11 is 0. The van der Waals surface area contributed by atoms with Gasteiger partial charge in [0.15, 0.2) is 0 Å². The molecule has 2 aromatic rings. The maximum absolute atomic E-state index is 13.5. The number of amides is 3. The maximum Gasteiger partial charge on any atom is 0.455 e. The Hall–Kier alpha value is -3.77. The van der Waals surface area contributed by atoms with Crippen LogP contribution in [0.3, 0.4) is 0 Å². The number of anilines is 1. The number of ether oxygens (including phenoxy) is 1. The van der Waals surface area contributed by atoms with Crippen LogP contribution in [0.4, 0.5) is 36.8 Å². The van der Waals surface area contributed by atoms with Gasteiger partial charge in [-0.2, -0.15) is 22.0 Å². The third-order valence-corrected chi connectivity index (χ3v) is 5.24. The van der Waals surface area contributed by atoms with Crippen LogP contribution in [0, 0.1) is 0 Å². The van der Waals surface area contributed by atoms with Crippen LogP contribution in [0.25, 0.3) is 11.1 Å². The molecular weight excluding hydrogens is 484 g/mol. The van der Waals surface area contributed by atoms with Gasteiger partial charge in [-0.3, -0.25) is 9.59 Å². The molecule has 3 amide bonds. The molecule has 2 atom stereocenters. The Balaban J connectivity index is 1.78. The summed E-state index contributed by atoms with van der Waals surface area (Å²) in [5, 5.41) is 3.43. The molecule has 2 aromatic carbocycles. The molecule has 2 unspecified atom stereocenters. The Morgan fingerprint density at radius 3 is 2.26 bits per heavy atom. The van der Waals surface area contributed by atoms with Gasteiger partial charge in [0.25, 0.3) is 11.8 Å². The van der Waals surface area contributed by atoms with E-state index >= 15 is 0 Å². The molecule has 0 bridgehead atoms. The van der Waals surface area contributed by atoms with Gasteiger partial charge < -0.3 is 20.3 Å². The molecule has 1 aliphatic heterocycles. The van der Waals surface area contributed by atoms with Crippen molar-refractivity contribution in [2.24, 2.45) is 0 Å². The smallest absolute Gasteiger partial charge is 0.433 e. The normalized spacial score (nSPS) is 16.5. The Labute approximate surface area is 195 Å². The summed E-state index contributed by atoms with van der Waals surface area (Å²) in [6, 6.07) is 12.1. The monoisotopic (exact) mass is 503 g/mol. The van der Waals surface area contributed by atoms with E-state index in [9.17, 15) is 40.7 Å². The standard InChI is InChI=1S/C22H19F6N3O4/c1-31-15-9-5-4-7-13(15)12-6-2-3-8-14(12)17(19(31)33)30-18(32)16(10-23)35-20(34)29-11-21(24,25)22(26,27)28/h2-9,16-17H,10-11H2,1H3,(H,29,34)(H,30,32). The highest BCUT2D eigenvalue weighted by Gasteiger charge is 2.57. The molecule has 3 rings (SSSR count). The quantitative estimate of drug-likeness (QED) is 0.588. The fraction of sp³-hybridized carbons (Fsp3) is 0.318. The number of benzene rings is 2. The van der Waals surface area contributed by atoms with E-state index in [0.29, 0.717) is 22.4 Å². The van der Waals surface area contributed by atoms with Gasteiger partial charge in [0.2, 0.25) is 6.10 Å². The topological polar surface area (TPSA) is 87.7 Å². The molecule has 1 heterocycles. The van der Waals surface area contributed by atoms with E-state index in [1.807, 2.05) is 0 Å². The lowest BCUT2D eigenvalue weighted by atomic mass is 9.95. The van der Waals surface area contributed by atoms with Gasteiger partial charge in [-0.25, -0.2) is 9.18 Å². The van der Waals surface area contributed by atoms with E-state index < -0.39 is 55.4 Å². The first-order valence-electron chi connectivity index (χ1n) is 10.1. The lowest BCUT2D eigenvalue weighted by Gasteiger charge is -2.24. The van der Waals surface area contributed by atoms with E-state index in [4.69, 9.17) is 0 Å². The van der Waals surface area contributed by atoms with Crippen LogP contribution >= 0.6 is 0 Å². The molecule has 0 aromatic heterocycles. The van der Waals surface area contributed by atoms with Crippen molar-refractivity contribution in [2.75, 3.05) is 25.2 Å². The number of nitrogens with one attached hydrogen (secondary N) is 2. The van der Waals surface area contributed by atoms with Crippen LogP contribution in [0.15, 0.2) is 48.5 Å². The van der Waals surface area contributed by atoms with Crippen molar-refractivity contribution in [3.05, 3.63) is 54.1 Å². The van der Waals surface area contributed by atoms with Crippen LogP contribution < -0.4 is 15.5 Å². The summed E-state index contributed by atoms with van der Waals surface area (Å²) in [5.74, 6) is -7.17. The predicted octanol–water partition coefficient (Wildman–Crippen LogP) is 3.75. The second-order valence-corrected chi connectivity index (χ2v) is 7.55. The number of carbonyl (C=O) groups excluding carboxylic acids is 3. The summed E-state index contributed by atoms with van der Waals surface area (Å²) in [5.41, 5.74) is 2.16. The molecule has 2 N–H and O–H groups in total. The molecule has 0 fully saturated rings. The number of alkyl halides is 6. The fourth-order valence-corrected chi connectivity index (χ4v) is 3.42. The molecular formula is C22H19F6N3O4. The van der Waals surface area contributed by atoms with Crippen LogP contribution in [0.1, 0.15) is 11.6 Å². The van der Waals surface area contributed by atoms with E-state index in [0.717, 1.165) is 5.32 Å². The molecule has 13 heteroatoms. The average molecular weight is 503 g/mol. The highest BCUT2D eigenvalue weighted by Crippen LogP contribution is 2.39. The highest BCUT2D eigenvalue weighted by molar-refractivity contribution is 6.06. The Morgan fingerprint density at radius 1 is 1.03 bits per heavy atom. The average Bonchev–Trinajstić information content (AvgIpc) is 2.90. The SMILES string of the molecule is CN1C(=O)C(NC(=O)C(CF)OC(=O)NCC(F)(F)C(F)(F)F)c2ccccc2-c2ccccc21. The van der Waals surface area contributed by atoms with Gasteiger partial charge in [-0.05, 0) is 17.2 Å². The number of halogens is 6. The Kier molecular flexibility index (Phi) is 7.27. The first-order valence-corrected chi connectivity index (χ1v) is 10.1. The van der Waals surface area contributed by atoms with Crippen molar-refractivity contribution < 1.29 is 45.5 Å². The number of rotatable bonds is 6. The molecule has 35 heavy (non-hydrogen) atoms. The second-order valence-electron chi connectivity index (χ2n) is 7.55. The molecule has 1 aliphatic rings. The number of hydrogen-bond acceptors (Lipinski definition) is 4. The first-order chi connectivity index (χ1) is 16.4. The van der Waals surface area contributed by atoms with Crippen molar-refractivity contribution in [3.8, 4) is 11.1 Å². The van der Waals surface area contributed by atoms with Gasteiger partial charge in [-0.1, -0.05) is 42.5 Å². The van der Waals surface area contributed by atoms with Crippen molar-refractivity contribution in [3.63, 3.8) is 0 Å². The number of likely N-dealkylation sites (N-methyl/N-ethyl adjacent to an activating group) is 1. The zero-order chi connectivity index (χ0) is 26.0. The summed E-state index contributed by atoms with van der Waals surface area (Å²) in [7, 11) is 1.46. The minimum Gasteiger partial charge on any atom is -0.433 e. The predicted molar refractivity (Wildman–Crippen MR) is 111 cm³/mol. The minimum atomic E-state index is -5.94. The van der Waals surface area contributed by atoms with Gasteiger partial charge in [0.05, 0.1) is 12.2 Å². The molecule has 7 nitrogen and oxygen atoms in total. The number of fused-ring (bicyclic) bond motifs is 3. The number of carbonyl (C=O) groups is 3. The molecule has 0 spiro atoms. The largest absolute Gasteiger partial charge is 0.455 e. The summed E-state index contributed by atoms with van der Waals surface area (Å²) in [4.78, 5) is 38.7. The van der Waals surface area contributed by atoms with Gasteiger partial charge >= 0.3 is 18.2 Å². The van der Waals surface area contributed by atoms with E-state index in [-0.39, 0.29) is 0 Å². The van der Waals surface area contributed by atoms with E-state index in [1.165, 1.54) is 11.9 Å². The van der Waals surface area contributed by atoms with Crippen molar-refractivity contribution in [1.29, 1.82) is 0 Å². The number of hydrogen-bond donors (Lipinski definition) is 2. The minimum absolute atomic E-state index is 0.356. The first kappa shape index (κ1) is 25.8. The lowest BCUT2D eigenvalue weighted by Crippen LogP contribution is -2.49. The Bertz CT molecular complexity index is 1120. The lowest BCUT2D eigenvalue weighted by molar-refractivity contribution is -0.278. The van der Waals surface area contributed by atoms with Gasteiger partial charge in [-0.15, -0.1) is 0 Å². The van der Waals surface area contributed by atoms with Crippen LogP contribution in [-0.2, 0) is 14.3 Å². The number of nitrogens with zero attached hydrogens (tertiary/aromatic N) is 1. The third-order valence-electron chi connectivity index (χ3n) is 5.24. The van der Waals surface area contributed by atoms with Gasteiger partial charge in [0, 0.05) is 12.6 Å². The highest BCUT2D eigenvalue weighted by atomic mass is 19.4. The van der Waals surface area contributed by atoms with Crippen LogP contribution in [0.5, 0.6) is 0 Å². The summed E-state index contributed by atoms with van der Waals surface area (Å²) < 4.78 is 80.4. The second kappa shape index (κ2) is 9.84. The summed E-state index contributed by atoms with van der Waals surface area (Å²) in [6.45, 7) is -3.80. The molecule has 0 saturated heterocycles. The Morgan fingerprint density at radius 2 is 1.63 bits per heavy atom. The van der Waals surface area contributed by atoms with Crippen molar-refractivity contribution >= 4 is 23.6 Å². The zero-order valence-electron chi connectivity index (χ0n) is 18.0.